The number of aryl methyl sites for hydroxylation is 1. The molecule has 9 nitrogen and oxygen atoms in total. The smallest absolute Gasteiger partial charge is 0.255 e. The molecule has 0 unspecified atom stereocenters. The summed E-state index contributed by atoms with van der Waals surface area (Å²) in [5.41, 5.74) is 8.64. The van der Waals surface area contributed by atoms with Crippen LogP contribution in [0.15, 0.2) is 43.0 Å². The number of hydrogen-bond donors (Lipinski definition) is 2. The van der Waals surface area contributed by atoms with Gasteiger partial charge >= 0.3 is 0 Å². The summed E-state index contributed by atoms with van der Waals surface area (Å²) < 4.78 is 6.97. The van der Waals surface area contributed by atoms with Gasteiger partial charge in [-0.25, -0.2) is 4.68 Å². The molecular formula is C26H27N6O3Si. The third-order valence-electron chi connectivity index (χ3n) is 6.19. The number of likely N-dealkylation sites (tertiary alicyclic amines) is 1. The number of ether oxygens (including phenoxy) is 1. The number of anilines is 1. The van der Waals surface area contributed by atoms with E-state index >= 15 is 0 Å². The molecule has 4 rings (SSSR count). The van der Waals surface area contributed by atoms with E-state index in [4.69, 9.17) is 10.5 Å². The fraction of sp³-hybridized carbons (Fsp3) is 0.308. The number of amides is 2. The second kappa shape index (κ2) is 9.97. The molecule has 0 saturated carbocycles. The molecule has 2 aromatic heterocycles. The van der Waals surface area contributed by atoms with Crippen LogP contribution >= 0.6 is 0 Å². The molecule has 10 heteroatoms. The molecule has 183 valence electrons. The van der Waals surface area contributed by atoms with Crippen molar-refractivity contribution in [2.45, 2.75) is 24.5 Å². The zero-order valence-electron chi connectivity index (χ0n) is 20.5. The van der Waals surface area contributed by atoms with Gasteiger partial charge in [0.25, 0.3) is 5.91 Å². The molecule has 1 aliphatic rings. The van der Waals surface area contributed by atoms with Gasteiger partial charge in [-0.1, -0.05) is 24.6 Å². The Labute approximate surface area is 213 Å². The van der Waals surface area contributed by atoms with Crippen molar-refractivity contribution in [2.75, 3.05) is 32.6 Å². The highest BCUT2D eigenvalue weighted by Crippen LogP contribution is 2.35. The normalized spacial score (nSPS) is 19.1. The summed E-state index contributed by atoms with van der Waals surface area (Å²) in [4.78, 5) is 31.2. The maximum atomic E-state index is 12.5. The number of nitrogens with one attached hydrogen (secondary N) is 1. The summed E-state index contributed by atoms with van der Waals surface area (Å²) in [7, 11) is 7.12. The van der Waals surface area contributed by atoms with Crippen molar-refractivity contribution in [3.05, 3.63) is 65.5 Å². The van der Waals surface area contributed by atoms with Crippen LogP contribution in [0, 0.1) is 18.8 Å². The standard InChI is InChI=1S/C26H27N6O3Si/c1-5-22(33)31-15-26(36,13-19(31)14-35-4)32-25(28-3)23(24(27)34)20(30-32)11-8-17-7-10-18-9-6-16(2)29-21(18)12-17/h5-7,9-10,12,19,28H,1,13-15H2,2-4H3,(H2,27,34)/t19-,26-/m1/s1. The van der Waals surface area contributed by atoms with Crippen molar-refractivity contribution >= 4 is 38.8 Å². The van der Waals surface area contributed by atoms with Crippen LogP contribution in [0.4, 0.5) is 5.82 Å². The molecule has 0 aliphatic carbocycles. The van der Waals surface area contributed by atoms with Crippen LogP contribution in [0.25, 0.3) is 10.9 Å². The molecule has 1 aliphatic heterocycles. The van der Waals surface area contributed by atoms with E-state index in [1.807, 2.05) is 37.3 Å². The third-order valence-corrected chi connectivity index (χ3v) is 6.77. The second-order valence-corrected chi connectivity index (χ2v) is 9.65. The van der Waals surface area contributed by atoms with E-state index in [9.17, 15) is 9.59 Å². The Hall–Kier alpha value is -3.94. The van der Waals surface area contributed by atoms with E-state index in [-0.39, 0.29) is 29.8 Å². The highest BCUT2D eigenvalue weighted by atomic mass is 28.1. The first-order chi connectivity index (χ1) is 17.2. The van der Waals surface area contributed by atoms with Crippen LogP contribution in [0.2, 0.25) is 0 Å². The maximum Gasteiger partial charge on any atom is 0.255 e. The van der Waals surface area contributed by atoms with E-state index in [1.54, 1.807) is 23.7 Å². The van der Waals surface area contributed by atoms with Gasteiger partial charge in [0, 0.05) is 37.3 Å². The number of fused-ring (bicyclic) bond motifs is 1. The van der Waals surface area contributed by atoms with Crippen molar-refractivity contribution < 1.29 is 14.3 Å². The van der Waals surface area contributed by atoms with E-state index in [1.165, 1.54) is 6.08 Å². The van der Waals surface area contributed by atoms with Crippen molar-refractivity contribution in [2.24, 2.45) is 5.73 Å². The van der Waals surface area contributed by atoms with E-state index in [2.05, 4.69) is 44.1 Å². The van der Waals surface area contributed by atoms with Gasteiger partial charge in [0.2, 0.25) is 5.91 Å². The minimum Gasteiger partial charge on any atom is -0.383 e. The number of nitrogens with two attached hydrogens (primary N) is 1. The van der Waals surface area contributed by atoms with E-state index < -0.39 is 11.1 Å². The number of rotatable bonds is 6. The summed E-state index contributed by atoms with van der Waals surface area (Å²) in [6.07, 6.45) is 1.75. The summed E-state index contributed by atoms with van der Waals surface area (Å²) in [6, 6.07) is 9.49. The van der Waals surface area contributed by atoms with Gasteiger partial charge in [-0.05, 0) is 43.5 Å². The van der Waals surface area contributed by atoms with Gasteiger partial charge in [-0.2, -0.15) is 5.10 Å². The number of methoxy groups -OCH3 is 1. The minimum absolute atomic E-state index is 0.175. The Bertz CT molecular complexity index is 1420. The lowest BCUT2D eigenvalue weighted by molar-refractivity contribution is -0.127. The number of benzene rings is 1. The van der Waals surface area contributed by atoms with E-state index in [0.29, 0.717) is 18.8 Å². The molecule has 1 saturated heterocycles. The first-order valence-electron chi connectivity index (χ1n) is 11.4. The first-order valence-corrected chi connectivity index (χ1v) is 11.9. The lowest BCUT2D eigenvalue weighted by Crippen LogP contribution is -2.41. The monoisotopic (exact) mass is 499 g/mol. The van der Waals surface area contributed by atoms with Crippen LogP contribution in [0.1, 0.15) is 33.7 Å². The molecule has 0 bridgehead atoms. The van der Waals surface area contributed by atoms with Gasteiger partial charge in [-0.3, -0.25) is 14.6 Å². The molecule has 0 spiro atoms. The van der Waals surface area contributed by atoms with Crippen molar-refractivity contribution in [3.63, 3.8) is 0 Å². The van der Waals surface area contributed by atoms with Crippen LogP contribution in [-0.2, 0) is 14.7 Å². The number of pyridine rings is 1. The fourth-order valence-corrected chi connectivity index (χ4v) is 5.12. The van der Waals surface area contributed by atoms with E-state index in [0.717, 1.165) is 22.2 Å². The number of hydrogen-bond acceptors (Lipinski definition) is 6. The number of nitrogens with zero attached hydrogens (tertiary/aromatic N) is 4. The summed E-state index contributed by atoms with van der Waals surface area (Å²) in [6.45, 7) is 6.16. The molecule has 36 heavy (non-hydrogen) atoms. The van der Waals surface area contributed by atoms with Crippen molar-refractivity contribution in [1.82, 2.24) is 19.7 Å². The maximum absolute atomic E-state index is 12.5. The summed E-state index contributed by atoms with van der Waals surface area (Å²) >= 11 is 0. The van der Waals surface area contributed by atoms with Crippen LogP contribution in [-0.4, -0.2) is 75.1 Å². The SMILES string of the molecule is C=CC(=O)N1C[C@@]([Si])(n2nc(C#Cc3ccc4ccc(C)nc4c3)c(C(N)=O)c2NC)C[C@@H]1COC. The molecule has 1 aromatic carbocycles. The zero-order chi connectivity index (χ0) is 26.0. The second-order valence-electron chi connectivity index (χ2n) is 8.72. The summed E-state index contributed by atoms with van der Waals surface area (Å²) in [5.74, 6) is 5.63. The van der Waals surface area contributed by atoms with Gasteiger partial charge < -0.3 is 20.7 Å². The average Bonchev–Trinajstić information content (AvgIpc) is 3.41. The molecular weight excluding hydrogens is 472 g/mol. The molecule has 3 N–H and O–H groups in total. The Morgan fingerprint density at radius 2 is 2.11 bits per heavy atom. The number of aromatic nitrogens is 3. The Morgan fingerprint density at radius 3 is 2.78 bits per heavy atom. The topological polar surface area (TPSA) is 115 Å². The molecule has 3 radical (unpaired) electrons. The zero-order valence-corrected chi connectivity index (χ0v) is 21.5. The van der Waals surface area contributed by atoms with Crippen LogP contribution in [0.5, 0.6) is 0 Å². The average molecular weight is 500 g/mol. The molecule has 3 aromatic rings. The molecule has 2 atom stereocenters. The van der Waals surface area contributed by atoms with Gasteiger partial charge in [-0.15, -0.1) is 0 Å². The first kappa shape index (κ1) is 25.2. The lowest BCUT2D eigenvalue weighted by Gasteiger charge is -2.27. The lowest BCUT2D eigenvalue weighted by atomic mass is 10.1. The fourth-order valence-electron chi connectivity index (χ4n) is 4.55. The third kappa shape index (κ3) is 4.63. The van der Waals surface area contributed by atoms with Crippen LogP contribution in [0.3, 0.4) is 0 Å². The highest BCUT2D eigenvalue weighted by Gasteiger charge is 2.46. The van der Waals surface area contributed by atoms with Gasteiger partial charge in [0.1, 0.15) is 11.4 Å². The van der Waals surface area contributed by atoms with Crippen LogP contribution < -0.4 is 11.1 Å². The predicted molar refractivity (Wildman–Crippen MR) is 139 cm³/mol. The number of carbonyl (C=O) groups excluding carboxylic acids is 2. The Balaban J connectivity index is 1.78. The molecule has 2 amide bonds. The molecule has 1 fully saturated rings. The predicted octanol–water partition coefficient (Wildman–Crippen LogP) is 1.53. The number of primary amides is 1. The minimum atomic E-state index is -0.825. The Kier molecular flexibility index (Phi) is 6.97. The van der Waals surface area contributed by atoms with Crippen molar-refractivity contribution in [1.29, 1.82) is 0 Å². The van der Waals surface area contributed by atoms with Crippen molar-refractivity contribution in [3.8, 4) is 11.8 Å². The Morgan fingerprint density at radius 1 is 1.36 bits per heavy atom. The highest BCUT2D eigenvalue weighted by molar-refractivity contribution is 6.15. The van der Waals surface area contributed by atoms with Gasteiger partial charge in [0.15, 0.2) is 5.69 Å². The largest absolute Gasteiger partial charge is 0.383 e. The summed E-state index contributed by atoms with van der Waals surface area (Å²) in [5, 5.41) is 7.90. The quantitative estimate of drug-likeness (QED) is 0.302. The number of carbonyl (C=O) groups is 2. The molecule has 3 heterocycles. The van der Waals surface area contributed by atoms with Gasteiger partial charge in [0.05, 0.1) is 33.6 Å².